The highest BCUT2D eigenvalue weighted by atomic mass is 32.2. The Morgan fingerprint density at radius 2 is 1.60 bits per heavy atom. The van der Waals surface area contributed by atoms with Gasteiger partial charge in [0.15, 0.2) is 11.0 Å². The normalized spacial score (nSPS) is 14.4. The summed E-state index contributed by atoms with van der Waals surface area (Å²) in [5, 5.41) is 16.1. The molecule has 0 aliphatic heterocycles. The minimum atomic E-state index is -0.0339. The molecule has 2 N–H and O–H groups in total. The lowest BCUT2D eigenvalue weighted by molar-refractivity contribution is -0.113. The van der Waals surface area contributed by atoms with Gasteiger partial charge in [-0.1, -0.05) is 67.4 Å². The summed E-state index contributed by atoms with van der Waals surface area (Å²) >= 11 is 1.46. The van der Waals surface area contributed by atoms with Crippen molar-refractivity contribution in [1.82, 2.24) is 14.8 Å². The van der Waals surface area contributed by atoms with Gasteiger partial charge in [0.05, 0.1) is 12.3 Å². The summed E-state index contributed by atoms with van der Waals surface area (Å²) in [6.07, 6.45) is 6.03. The van der Waals surface area contributed by atoms with Crippen LogP contribution < -0.4 is 10.6 Å². The number of hydrogen-bond acceptors (Lipinski definition) is 5. The van der Waals surface area contributed by atoms with Crippen molar-refractivity contribution in [3.8, 4) is 0 Å². The Hall–Kier alpha value is -2.80. The maximum Gasteiger partial charge on any atom is 0.234 e. The number of thioether (sulfide) groups is 1. The van der Waals surface area contributed by atoms with Gasteiger partial charge in [-0.15, -0.1) is 10.2 Å². The lowest BCUT2D eigenvalue weighted by atomic mass is 9.95. The van der Waals surface area contributed by atoms with Crippen molar-refractivity contribution >= 4 is 29.0 Å². The molecule has 0 spiro atoms. The monoisotopic (exact) mass is 421 g/mol. The number of para-hydroxylation sites is 2. The predicted octanol–water partition coefficient (Wildman–Crippen LogP) is 5.13. The standard InChI is InChI=1S/C23H27N5OS/c29-22(25-19-12-6-2-7-13-19)17-30-23-27-26-21(16-24-18-10-4-1-5-11-18)28(23)20-14-8-3-9-15-20/h1-2,4-7,10-13,20,24H,3,8-9,14-17H2,(H,25,29). The molecule has 3 aromatic rings. The first-order chi connectivity index (χ1) is 14.8. The third-order valence-corrected chi connectivity index (χ3v) is 6.23. The average molecular weight is 422 g/mol. The number of anilines is 2. The van der Waals surface area contributed by atoms with E-state index in [2.05, 4.69) is 25.4 Å². The number of benzene rings is 2. The van der Waals surface area contributed by atoms with E-state index in [9.17, 15) is 4.79 Å². The Labute approximate surface area is 181 Å². The Kier molecular flexibility index (Phi) is 7.03. The molecule has 0 saturated heterocycles. The van der Waals surface area contributed by atoms with Crippen LogP contribution >= 0.6 is 11.8 Å². The molecular weight excluding hydrogens is 394 g/mol. The summed E-state index contributed by atoms with van der Waals surface area (Å²) in [6.45, 7) is 0.615. The van der Waals surface area contributed by atoms with Crippen LogP contribution in [0, 0.1) is 0 Å². The third kappa shape index (κ3) is 5.42. The molecule has 0 radical (unpaired) electrons. The zero-order valence-electron chi connectivity index (χ0n) is 17.0. The minimum Gasteiger partial charge on any atom is -0.378 e. The molecule has 6 nitrogen and oxygen atoms in total. The fraction of sp³-hybridized carbons (Fsp3) is 0.348. The molecule has 1 aliphatic rings. The number of carbonyl (C=O) groups excluding carboxylic acids is 1. The van der Waals surface area contributed by atoms with Crippen molar-refractivity contribution < 1.29 is 4.79 Å². The summed E-state index contributed by atoms with van der Waals surface area (Å²) in [4.78, 5) is 12.4. The van der Waals surface area contributed by atoms with Gasteiger partial charge in [-0.2, -0.15) is 0 Å². The van der Waals surface area contributed by atoms with Crippen LogP contribution in [0.1, 0.15) is 44.0 Å². The Morgan fingerprint density at radius 3 is 2.30 bits per heavy atom. The molecule has 1 fully saturated rings. The molecular formula is C23H27N5OS. The Bertz CT molecular complexity index is 939. The van der Waals surface area contributed by atoms with Gasteiger partial charge in [0.25, 0.3) is 0 Å². The van der Waals surface area contributed by atoms with Crippen LogP contribution in [0.5, 0.6) is 0 Å². The lowest BCUT2D eigenvalue weighted by Gasteiger charge is -2.25. The average Bonchev–Trinajstić information content (AvgIpc) is 3.21. The molecule has 4 rings (SSSR count). The number of nitrogens with one attached hydrogen (secondary N) is 2. The van der Waals surface area contributed by atoms with Crippen molar-refractivity contribution in [2.45, 2.75) is 49.8 Å². The zero-order chi connectivity index (χ0) is 20.6. The third-order valence-electron chi connectivity index (χ3n) is 5.29. The SMILES string of the molecule is O=C(CSc1nnc(CNc2ccccc2)n1C1CCCCC1)Nc1ccccc1. The first-order valence-corrected chi connectivity index (χ1v) is 11.5. The highest BCUT2D eigenvalue weighted by molar-refractivity contribution is 7.99. The van der Waals surface area contributed by atoms with Crippen LogP contribution in [-0.2, 0) is 11.3 Å². The molecule has 2 aromatic carbocycles. The van der Waals surface area contributed by atoms with E-state index in [1.807, 2.05) is 60.7 Å². The highest BCUT2D eigenvalue weighted by Gasteiger charge is 2.23. The van der Waals surface area contributed by atoms with E-state index in [0.717, 1.165) is 35.2 Å². The first kappa shape index (κ1) is 20.5. The van der Waals surface area contributed by atoms with Crippen molar-refractivity contribution in [3.05, 3.63) is 66.5 Å². The molecule has 0 unspecified atom stereocenters. The van der Waals surface area contributed by atoms with E-state index < -0.39 is 0 Å². The number of aromatic nitrogens is 3. The first-order valence-electron chi connectivity index (χ1n) is 10.5. The van der Waals surface area contributed by atoms with Gasteiger partial charge in [-0.3, -0.25) is 4.79 Å². The van der Waals surface area contributed by atoms with Crippen LogP contribution in [-0.4, -0.2) is 26.4 Å². The second kappa shape index (κ2) is 10.3. The van der Waals surface area contributed by atoms with E-state index in [1.54, 1.807) is 0 Å². The fourth-order valence-corrected chi connectivity index (χ4v) is 4.64. The van der Waals surface area contributed by atoms with Gasteiger partial charge in [0.2, 0.25) is 5.91 Å². The van der Waals surface area contributed by atoms with Gasteiger partial charge in [-0.25, -0.2) is 0 Å². The quantitative estimate of drug-likeness (QED) is 0.494. The second-order valence-corrected chi connectivity index (χ2v) is 8.43. The van der Waals surface area contributed by atoms with Crippen molar-refractivity contribution in [3.63, 3.8) is 0 Å². The Morgan fingerprint density at radius 1 is 0.933 bits per heavy atom. The number of nitrogens with zero attached hydrogens (tertiary/aromatic N) is 3. The predicted molar refractivity (Wildman–Crippen MR) is 122 cm³/mol. The van der Waals surface area contributed by atoms with Crippen LogP contribution in [0.2, 0.25) is 0 Å². The van der Waals surface area contributed by atoms with Gasteiger partial charge >= 0.3 is 0 Å². The topological polar surface area (TPSA) is 71.8 Å². The smallest absolute Gasteiger partial charge is 0.234 e. The number of carbonyl (C=O) groups is 1. The van der Waals surface area contributed by atoms with E-state index in [1.165, 1.54) is 31.0 Å². The molecule has 1 aromatic heterocycles. The highest BCUT2D eigenvalue weighted by Crippen LogP contribution is 2.33. The molecule has 0 bridgehead atoms. The van der Waals surface area contributed by atoms with Crippen molar-refractivity contribution in [1.29, 1.82) is 0 Å². The van der Waals surface area contributed by atoms with E-state index >= 15 is 0 Å². The van der Waals surface area contributed by atoms with E-state index in [-0.39, 0.29) is 5.91 Å². The Balaban J connectivity index is 1.44. The van der Waals surface area contributed by atoms with E-state index in [4.69, 9.17) is 0 Å². The fourth-order valence-electron chi connectivity index (χ4n) is 3.82. The molecule has 7 heteroatoms. The lowest BCUT2D eigenvalue weighted by Crippen LogP contribution is -2.19. The van der Waals surface area contributed by atoms with Crippen LogP contribution in [0.15, 0.2) is 65.8 Å². The second-order valence-electron chi connectivity index (χ2n) is 7.48. The summed E-state index contributed by atoms with van der Waals surface area (Å²) in [7, 11) is 0. The number of amides is 1. The molecule has 156 valence electrons. The van der Waals surface area contributed by atoms with Crippen molar-refractivity contribution in [2.24, 2.45) is 0 Å². The van der Waals surface area contributed by atoms with Crippen LogP contribution in [0.4, 0.5) is 11.4 Å². The molecule has 1 amide bonds. The maximum atomic E-state index is 12.4. The summed E-state index contributed by atoms with van der Waals surface area (Å²) in [6, 6.07) is 20.1. The van der Waals surface area contributed by atoms with Gasteiger partial charge < -0.3 is 15.2 Å². The minimum absolute atomic E-state index is 0.0339. The van der Waals surface area contributed by atoms with E-state index in [0.29, 0.717) is 18.3 Å². The molecule has 30 heavy (non-hydrogen) atoms. The number of hydrogen-bond donors (Lipinski definition) is 2. The van der Waals surface area contributed by atoms with Crippen LogP contribution in [0.25, 0.3) is 0 Å². The summed E-state index contributed by atoms with van der Waals surface area (Å²) in [5.74, 6) is 1.20. The van der Waals surface area contributed by atoms with Crippen molar-refractivity contribution in [2.75, 3.05) is 16.4 Å². The van der Waals surface area contributed by atoms with Gasteiger partial charge in [0.1, 0.15) is 0 Å². The molecule has 0 atom stereocenters. The van der Waals surface area contributed by atoms with Crippen LogP contribution in [0.3, 0.4) is 0 Å². The summed E-state index contributed by atoms with van der Waals surface area (Å²) < 4.78 is 2.26. The number of rotatable bonds is 8. The molecule has 1 aliphatic carbocycles. The maximum absolute atomic E-state index is 12.4. The molecule has 1 saturated carbocycles. The largest absolute Gasteiger partial charge is 0.378 e. The summed E-state index contributed by atoms with van der Waals surface area (Å²) in [5.41, 5.74) is 1.87. The molecule has 1 heterocycles. The van der Waals surface area contributed by atoms with Gasteiger partial charge in [-0.05, 0) is 37.1 Å². The zero-order valence-corrected chi connectivity index (χ0v) is 17.8. The van der Waals surface area contributed by atoms with Gasteiger partial charge in [0, 0.05) is 17.4 Å².